The summed E-state index contributed by atoms with van der Waals surface area (Å²) >= 11 is 0. The lowest BCUT2D eigenvalue weighted by Crippen LogP contribution is -2.45. The Balaban J connectivity index is 0.00000108. The van der Waals surface area contributed by atoms with Crippen molar-refractivity contribution in [3.05, 3.63) is 53.7 Å². The highest BCUT2D eigenvalue weighted by Crippen LogP contribution is 2.45. The molecular formula is C23H27Cl3N6O2. The van der Waals surface area contributed by atoms with Crippen LogP contribution in [0.4, 0.5) is 5.95 Å². The fourth-order valence-electron chi connectivity index (χ4n) is 4.77. The molecular weight excluding hydrogens is 499 g/mol. The molecule has 182 valence electrons. The van der Waals surface area contributed by atoms with Crippen LogP contribution in [0.15, 0.2) is 41.1 Å². The highest BCUT2D eigenvalue weighted by Gasteiger charge is 2.33. The molecule has 0 spiro atoms. The summed E-state index contributed by atoms with van der Waals surface area (Å²) in [7, 11) is 0. The number of hydrogen-bond acceptors (Lipinski definition) is 7. The Morgan fingerprint density at radius 2 is 1.82 bits per heavy atom. The van der Waals surface area contributed by atoms with E-state index in [2.05, 4.69) is 43.1 Å². The standard InChI is InChI=1S/C23H24N6O2.3ClH/c1-14-20(15(2)31-27-14)16-6-7-18-21-22(16)30-13-19(17-5-3-4-8-25-17)29(21)23(26-18)28-11-9-24-10-12-28;;;/h3-8,19,24H,9-13H2,1-2H3;3*1H/t19-;;;/m1.../s1. The molecule has 2 aliphatic heterocycles. The molecule has 8 nitrogen and oxygen atoms in total. The van der Waals surface area contributed by atoms with Crippen LogP contribution in [-0.2, 0) is 0 Å². The van der Waals surface area contributed by atoms with Gasteiger partial charge in [0.25, 0.3) is 0 Å². The van der Waals surface area contributed by atoms with Crippen molar-refractivity contribution in [3.63, 3.8) is 0 Å². The predicted octanol–water partition coefficient (Wildman–Crippen LogP) is 4.36. The number of halogens is 3. The lowest BCUT2D eigenvalue weighted by Gasteiger charge is -2.33. The average Bonchev–Trinajstić information content (AvgIpc) is 3.37. The molecule has 2 aliphatic rings. The maximum Gasteiger partial charge on any atom is 0.207 e. The number of anilines is 1. The molecule has 1 aromatic carbocycles. The van der Waals surface area contributed by atoms with Crippen LogP contribution in [-0.4, -0.2) is 52.5 Å². The Morgan fingerprint density at radius 1 is 1.03 bits per heavy atom. The molecule has 34 heavy (non-hydrogen) atoms. The fourth-order valence-corrected chi connectivity index (χ4v) is 4.77. The number of nitrogens with zero attached hydrogens (tertiary/aromatic N) is 5. The maximum absolute atomic E-state index is 6.43. The van der Waals surface area contributed by atoms with Crippen molar-refractivity contribution in [3.8, 4) is 16.9 Å². The van der Waals surface area contributed by atoms with Crippen LogP contribution >= 0.6 is 37.2 Å². The average molecular weight is 526 g/mol. The Kier molecular flexibility index (Phi) is 7.98. The number of aromatic nitrogens is 4. The number of aryl methyl sites for hydroxylation is 2. The van der Waals surface area contributed by atoms with Gasteiger partial charge in [-0.2, -0.15) is 0 Å². The van der Waals surface area contributed by atoms with E-state index < -0.39 is 0 Å². The van der Waals surface area contributed by atoms with E-state index in [0.717, 1.165) is 77.2 Å². The van der Waals surface area contributed by atoms with Crippen LogP contribution in [0.3, 0.4) is 0 Å². The van der Waals surface area contributed by atoms with E-state index in [1.54, 1.807) is 0 Å². The largest absolute Gasteiger partial charge is 0.488 e. The molecule has 0 bridgehead atoms. The summed E-state index contributed by atoms with van der Waals surface area (Å²) < 4.78 is 14.2. The first-order valence-electron chi connectivity index (χ1n) is 10.7. The van der Waals surface area contributed by atoms with Gasteiger partial charge in [-0.05, 0) is 38.1 Å². The third kappa shape index (κ3) is 4.09. The van der Waals surface area contributed by atoms with Gasteiger partial charge in [-0.3, -0.25) is 9.55 Å². The molecule has 0 amide bonds. The molecule has 5 heterocycles. The molecule has 11 heteroatoms. The number of imidazole rings is 1. The van der Waals surface area contributed by atoms with Crippen LogP contribution in [0.25, 0.3) is 22.2 Å². The zero-order valence-corrected chi connectivity index (χ0v) is 21.3. The molecule has 0 aliphatic carbocycles. The van der Waals surface area contributed by atoms with Crippen molar-refractivity contribution < 1.29 is 9.26 Å². The van der Waals surface area contributed by atoms with Gasteiger partial charge in [0.05, 0.1) is 22.5 Å². The summed E-state index contributed by atoms with van der Waals surface area (Å²) in [6, 6.07) is 10.1. The second-order valence-electron chi connectivity index (χ2n) is 8.11. The van der Waals surface area contributed by atoms with E-state index in [9.17, 15) is 0 Å². The summed E-state index contributed by atoms with van der Waals surface area (Å²) in [5.41, 5.74) is 5.76. The quantitative estimate of drug-likeness (QED) is 0.426. The minimum atomic E-state index is -0.0384. The van der Waals surface area contributed by atoms with Gasteiger partial charge in [0, 0.05) is 37.9 Å². The molecule has 1 N–H and O–H groups in total. The van der Waals surface area contributed by atoms with Crippen molar-refractivity contribution in [1.82, 2.24) is 25.0 Å². The fraction of sp³-hybridized carbons (Fsp3) is 0.348. The summed E-state index contributed by atoms with van der Waals surface area (Å²) in [5.74, 6) is 2.61. The number of piperazine rings is 1. The molecule has 1 atom stereocenters. The third-order valence-corrected chi connectivity index (χ3v) is 6.22. The van der Waals surface area contributed by atoms with E-state index in [-0.39, 0.29) is 43.3 Å². The first-order chi connectivity index (χ1) is 15.2. The highest BCUT2D eigenvalue weighted by atomic mass is 35.5. The number of rotatable bonds is 3. The van der Waals surface area contributed by atoms with Gasteiger partial charge in [-0.1, -0.05) is 11.2 Å². The first kappa shape index (κ1) is 26.1. The molecule has 1 saturated heterocycles. The minimum Gasteiger partial charge on any atom is -0.488 e. The SMILES string of the molecule is Cc1noc(C)c1-c1ccc2nc(N3CCNCC3)n3c2c1OC[C@@H]3c1ccccn1.Cl.Cl.Cl. The van der Waals surface area contributed by atoms with E-state index in [4.69, 9.17) is 14.2 Å². The van der Waals surface area contributed by atoms with Gasteiger partial charge in [-0.25, -0.2) is 4.98 Å². The predicted molar refractivity (Wildman–Crippen MR) is 139 cm³/mol. The van der Waals surface area contributed by atoms with E-state index in [0.29, 0.717) is 6.61 Å². The van der Waals surface area contributed by atoms with Crippen LogP contribution in [0.2, 0.25) is 0 Å². The molecule has 0 saturated carbocycles. The lowest BCUT2D eigenvalue weighted by molar-refractivity contribution is 0.257. The van der Waals surface area contributed by atoms with Gasteiger partial charge in [-0.15, -0.1) is 37.2 Å². The van der Waals surface area contributed by atoms with Gasteiger partial charge in [0.15, 0.2) is 5.75 Å². The molecule has 0 unspecified atom stereocenters. The zero-order valence-electron chi connectivity index (χ0n) is 18.9. The molecule has 1 fully saturated rings. The van der Waals surface area contributed by atoms with Crippen molar-refractivity contribution in [1.29, 1.82) is 0 Å². The topological polar surface area (TPSA) is 81.2 Å². The number of hydrogen-bond donors (Lipinski definition) is 1. The summed E-state index contributed by atoms with van der Waals surface area (Å²) in [4.78, 5) is 12.1. The van der Waals surface area contributed by atoms with Crippen LogP contribution < -0.4 is 15.0 Å². The highest BCUT2D eigenvalue weighted by molar-refractivity contribution is 5.94. The van der Waals surface area contributed by atoms with Gasteiger partial charge in [0.2, 0.25) is 5.95 Å². The zero-order chi connectivity index (χ0) is 20.9. The molecule has 0 radical (unpaired) electrons. The van der Waals surface area contributed by atoms with Gasteiger partial charge in [0.1, 0.15) is 23.9 Å². The Bertz CT molecular complexity index is 1250. The van der Waals surface area contributed by atoms with Crippen molar-refractivity contribution in [2.75, 3.05) is 37.7 Å². The molecule has 3 aromatic heterocycles. The van der Waals surface area contributed by atoms with Crippen LogP contribution in [0.1, 0.15) is 23.2 Å². The summed E-state index contributed by atoms with van der Waals surface area (Å²) in [6.45, 7) is 8.14. The first-order valence-corrected chi connectivity index (χ1v) is 10.7. The Labute approximate surface area is 216 Å². The number of benzene rings is 1. The number of nitrogens with one attached hydrogen (secondary N) is 1. The number of ether oxygens (including phenoxy) is 1. The number of pyridine rings is 1. The summed E-state index contributed by atoms with van der Waals surface area (Å²) in [5, 5.41) is 7.58. The normalized spacial score (nSPS) is 16.8. The lowest BCUT2D eigenvalue weighted by atomic mass is 10.0. The van der Waals surface area contributed by atoms with Crippen molar-refractivity contribution in [2.45, 2.75) is 19.9 Å². The second kappa shape index (κ2) is 10.4. The van der Waals surface area contributed by atoms with E-state index in [1.165, 1.54) is 0 Å². The molecule has 4 aromatic rings. The minimum absolute atomic E-state index is 0. The van der Waals surface area contributed by atoms with E-state index in [1.807, 2.05) is 32.2 Å². The van der Waals surface area contributed by atoms with E-state index >= 15 is 0 Å². The third-order valence-electron chi connectivity index (χ3n) is 6.22. The summed E-state index contributed by atoms with van der Waals surface area (Å²) in [6.07, 6.45) is 1.84. The van der Waals surface area contributed by atoms with Crippen molar-refractivity contribution >= 4 is 54.2 Å². The smallest absolute Gasteiger partial charge is 0.207 e. The second-order valence-corrected chi connectivity index (χ2v) is 8.11. The van der Waals surface area contributed by atoms with Gasteiger partial charge < -0.3 is 19.5 Å². The maximum atomic E-state index is 6.43. The molecule has 6 rings (SSSR count). The Morgan fingerprint density at radius 3 is 2.50 bits per heavy atom. The van der Waals surface area contributed by atoms with Gasteiger partial charge >= 0.3 is 0 Å². The van der Waals surface area contributed by atoms with Crippen molar-refractivity contribution in [2.24, 2.45) is 0 Å². The van der Waals surface area contributed by atoms with Crippen LogP contribution in [0.5, 0.6) is 5.75 Å². The monoisotopic (exact) mass is 524 g/mol. The Hall–Kier alpha value is -2.52. The van der Waals surface area contributed by atoms with Crippen LogP contribution in [0, 0.1) is 13.8 Å².